The summed E-state index contributed by atoms with van der Waals surface area (Å²) < 4.78 is 0. The topological polar surface area (TPSA) is 12.0 Å². The summed E-state index contributed by atoms with van der Waals surface area (Å²) in [6.45, 7) is 9.59. The Morgan fingerprint density at radius 2 is 1.85 bits per heavy atom. The standard InChI is InChI=1S/C19H27N/c1-18(2)11-15(12-19(3,4)13-18)17-10-9-14-7-5-6-8-16(14)20-17/h5-8,11,17,20H,9-10,12-13H2,1-4H3. The molecular formula is C19H27N. The molecule has 0 saturated carbocycles. The molecule has 1 aliphatic carbocycles. The third kappa shape index (κ3) is 2.77. The van der Waals surface area contributed by atoms with Crippen molar-refractivity contribution in [1.29, 1.82) is 0 Å². The monoisotopic (exact) mass is 269 g/mol. The number of allylic oxidation sites excluding steroid dienone is 1. The zero-order valence-corrected chi connectivity index (χ0v) is 13.3. The van der Waals surface area contributed by atoms with Crippen LogP contribution in [0.2, 0.25) is 0 Å². The average molecular weight is 269 g/mol. The number of benzene rings is 1. The van der Waals surface area contributed by atoms with E-state index in [1.54, 1.807) is 5.57 Å². The molecule has 1 unspecified atom stereocenters. The lowest BCUT2D eigenvalue weighted by Crippen LogP contribution is -2.35. The number of hydrogen-bond acceptors (Lipinski definition) is 1. The van der Waals surface area contributed by atoms with Gasteiger partial charge in [-0.25, -0.2) is 0 Å². The van der Waals surface area contributed by atoms with E-state index in [2.05, 4.69) is 63.4 Å². The summed E-state index contributed by atoms with van der Waals surface area (Å²) in [7, 11) is 0. The fraction of sp³-hybridized carbons (Fsp3) is 0.579. The van der Waals surface area contributed by atoms with E-state index < -0.39 is 0 Å². The van der Waals surface area contributed by atoms with Gasteiger partial charge in [-0.3, -0.25) is 0 Å². The maximum Gasteiger partial charge on any atom is 0.0477 e. The van der Waals surface area contributed by atoms with Gasteiger partial charge in [0.05, 0.1) is 0 Å². The molecule has 1 N–H and O–H groups in total. The van der Waals surface area contributed by atoms with E-state index in [1.807, 2.05) is 0 Å². The van der Waals surface area contributed by atoms with E-state index in [4.69, 9.17) is 0 Å². The molecule has 108 valence electrons. The molecule has 1 heteroatoms. The van der Waals surface area contributed by atoms with E-state index in [1.165, 1.54) is 36.9 Å². The molecule has 3 rings (SSSR count). The van der Waals surface area contributed by atoms with Gasteiger partial charge in [-0.1, -0.05) is 57.5 Å². The van der Waals surface area contributed by atoms with Crippen LogP contribution in [0.25, 0.3) is 0 Å². The highest BCUT2D eigenvalue weighted by Crippen LogP contribution is 2.46. The molecule has 0 spiro atoms. The first-order valence-corrected chi connectivity index (χ1v) is 7.91. The van der Waals surface area contributed by atoms with E-state index in [-0.39, 0.29) is 0 Å². The highest BCUT2D eigenvalue weighted by molar-refractivity contribution is 5.55. The molecule has 1 aliphatic heterocycles. The Morgan fingerprint density at radius 1 is 1.10 bits per heavy atom. The molecule has 0 fully saturated rings. The van der Waals surface area contributed by atoms with Gasteiger partial charge in [0.25, 0.3) is 0 Å². The molecule has 1 aromatic carbocycles. The lowest BCUT2D eigenvalue weighted by molar-refractivity contribution is 0.210. The van der Waals surface area contributed by atoms with Crippen molar-refractivity contribution in [2.45, 2.75) is 59.4 Å². The van der Waals surface area contributed by atoms with Gasteiger partial charge in [-0.05, 0) is 48.1 Å². The van der Waals surface area contributed by atoms with Crippen LogP contribution in [0.3, 0.4) is 0 Å². The van der Waals surface area contributed by atoms with Gasteiger partial charge in [0, 0.05) is 11.7 Å². The molecule has 0 aromatic heterocycles. The Balaban J connectivity index is 1.86. The number of nitrogens with one attached hydrogen (secondary N) is 1. The zero-order chi connectivity index (χ0) is 14.4. The summed E-state index contributed by atoms with van der Waals surface area (Å²) in [5.41, 5.74) is 5.19. The molecule has 0 saturated heterocycles. The second-order valence-corrected chi connectivity index (χ2v) is 8.12. The van der Waals surface area contributed by atoms with E-state index in [0.29, 0.717) is 16.9 Å². The largest absolute Gasteiger partial charge is 0.378 e. The summed E-state index contributed by atoms with van der Waals surface area (Å²) in [6, 6.07) is 9.29. The van der Waals surface area contributed by atoms with Gasteiger partial charge in [-0.2, -0.15) is 0 Å². The number of anilines is 1. The van der Waals surface area contributed by atoms with Crippen molar-refractivity contribution in [3.8, 4) is 0 Å². The van der Waals surface area contributed by atoms with Crippen LogP contribution in [0, 0.1) is 10.8 Å². The minimum absolute atomic E-state index is 0.329. The summed E-state index contributed by atoms with van der Waals surface area (Å²) in [6.07, 6.45) is 7.49. The fourth-order valence-electron chi connectivity index (χ4n) is 4.39. The van der Waals surface area contributed by atoms with Crippen LogP contribution in [0.4, 0.5) is 5.69 Å². The van der Waals surface area contributed by atoms with E-state index >= 15 is 0 Å². The fourth-order valence-corrected chi connectivity index (χ4v) is 4.39. The van der Waals surface area contributed by atoms with Crippen LogP contribution in [0.5, 0.6) is 0 Å². The maximum atomic E-state index is 3.77. The smallest absolute Gasteiger partial charge is 0.0477 e. The van der Waals surface area contributed by atoms with Crippen molar-refractivity contribution < 1.29 is 0 Å². The van der Waals surface area contributed by atoms with Gasteiger partial charge in [0.15, 0.2) is 0 Å². The van der Waals surface area contributed by atoms with Crippen molar-refractivity contribution in [3.63, 3.8) is 0 Å². The second-order valence-electron chi connectivity index (χ2n) is 8.12. The number of rotatable bonds is 1. The summed E-state index contributed by atoms with van der Waals surface area (Å²) >= 11 is 0. The first-order chi connectivity index (χ1) is 9.35. The number of para-hydroxylation sites is 1. The first kappa shape index (κ1) is 13.7. The highest BCUT2D eigenvalue weighted by atomic mass is 14.9. The van der Waals surface area contributed by atoms with Crippen molar-refractivity contribution in [2.75, 3.05) is 5.32 Å². The number of aryl methyl sites for hydroxylation is 1. The van der Waals surface area contributed by atoms with Crippen molar-refractivity contribution >= 4 is 5.69 Å². The quantitative estimate of drug-likeness (QED) is 0.692. The molecule has 2 aliphatic rings. The SMILES string of the molecule is CC1(C)C=C(C2CCc3ccccc3N2)CC(C)(C)C1. The summed E-state index contributed by atoms with van der Waals surface area (Å²) in [5, 5.41) is 3.77. The number of hydrogen-bond donors (Lipinski definition) is 1. The minimum atomic E-state index is 0.329. The van der Waals surface area contributed by atoms with Crippen LogP contribution >= 0.6 is 0 Å². The first-order valence-electron chi connectivity index (χ1n) is 7.91. The van der Waals surface area contributed by atoms with Crippen molar-refractivity contribution in [2.24, 2.45) is 10.8 Å². The summed E-state index contributed by atoms with van der Waals surface area (Å²) in [4.78, 5) is 0. The van der Waals surface area contributed by atoms with Gasteiger partial charge >= 0.3 is 0 Å². The van der Waals surface area contributed by atoms with E-state index in [0.717, 1.165) is 0 Å². The third-order valence-corrected chi connectivity index (χ3v) is 4.69. The Bertz CT molecular complexity index is 536. The number of fused-ring (bicyclic) bond motifs is 1. The average Bonchev–Trinajstić information content (AvgIpc) is 2.34. The van der Waals surface area contributed by atoms with Gasteiger partial charge < -0.3 is 5.32 Å². The third-order valence-electron chi connectivity index (χ3n) is 4.69. The van der Waals surface area contributed by atoms with Crippen molar-refractivity contribution in [3.05, 3.63) is 41.5 Å². The highest BCUT2D eigenvalue weighted by Gasteiger charge is 2.36. The van der Waals surface area contributed by atoms with Gasteiger partial charge in [0.1, 0.15) is 0 Å². The van der Waals surface area contributed by atoms with Crippen LogP contribution < -0.4 is 5.32 Å². The minimum Gasteiger partial charge on any atom is -0.378 e. The maximum absolute atomic E-state index is 3.77. The van der Waals surface area contributed by atoms with Gasteiger partial charge in [-0.15, -0.1) is 0 Å². The zero-order valence-electron chi connectivity index (χ0n) is 13.3. The van der Waals surface area contributed by atoms with Gasteiger partial charge in [0.2, 0.25) is 0 Å². The predicted octanol–water partition coefficient (Wildman–Crippen LogP) is 5.19. The molecule has 0 amide bonds. The Labute approximate surface area is 123 Å². The second kappa shape index (κ2) is 4.65. The van der Waals surface area contributed by atoms with Crippen LogP contribution in [0.15, 0.2) is 35.9 Å². The molecule has 0 radical (unpaired) electrons. The van der Waals surface area contributed by atoms with Crippen LogP contribution in [-0.2, 0) is 6.42 Å². The normalized spacial score (nSPS) is 27.2. The Hall–Kier alpha value is -1.24. The lowest BCUT2D eigenvalue weighted by atomic mass is 9.65. The molecule has 1 aromatic rings. The molecule has 1 heterocycles. The predicted molar refractivity (Wildman–Crippen MR) is 87.1 cm³/mol. The van der Waals surface area contributed by atoms with Crippen molar-refractivity contribution in [1.82, 2.24) is 0 Å². The molecule has 20 heavy (non-hydrogen) atoms. The summed E-state index contributed by atoms with van der Waals surface area (Å²) in [5.74, 6) is 0. The Morgan fingerprint density at radius 3 is 2.60 bits per heavy atom. The Kier molecular flexibility index (Phi) is 3.19. The molecule has 1 nitrogen and oxygen atoms in total. The molecular weight excluding hydrogens is 242 g/mol. The molecule has 0 bridgehead atoms. The molecule has 1 atom stereocenters. The lowest BCUT2D eigenvalue weighted by Gasteiger charge is -2.42. The van der Waals surface area contributed by atoms with Crippen LogP contribution in [0.1, 0.15) is 52.5 Å². The van der Waals surface area contributed by atoms with Crippen LogP contribution in [-0.4, -0.2) is 6.04 Å². The van der Waals surface area contributed by atoms with E-state index in [9.17, 15) is 0 Å².